The van der Waals surface area contributed by atoms with Gasteiger partial charge in [-0.3, -0.25) is 14.4 Å². The van der Waals surface area contributed by atoms with Gasteiger partial charge in [0.2, 0.25) is 5.91 Å². The molecule has 1 aliphatic heterocycles. The van der Waals surface area contributed by atoms with E-state index >= 15 is 0 Å². The Morgan fingerprint density at radius 1 is 1.03 bits per heavy atom. The number of fused-ring (bicyclic) bond motifs is 1. The molecule has 3 amide bonds. The molecule has 200 valence electrons. The first kappa shape index (κ1) is 28.1. The van der Waals surface area contributed by atoms with Gasteiger partial charge in [-0.25, -0.2) is 8.78 Å². The molecule has 2 aromatic carbocycles. The number of para-hydroxylation sites is 1. The highest BCUT2D eigenvalue weighted by Gasteiger charge is 2.31. The molecule has 0 saturated carbocycles. The summed E-state index contributed by atoms with van der Waals surface area (Å²) in [7, 11) is 4.95. The number of halogens is 2. The summed E-state index contributed by atoms with van der Waals surface area (Å²) in [5.41, 5.74) is 0.357. The van der Waals surface area contributed by atoms with Crippen molar-refractivity contribution < 1.29 is 27.9 Å². The van der Waals surface area contributed by atoms with Gasteiger partial charge >= 0.3 is 0 Å². The third-order valence-electron chi connectivity index (χ3n) is 6.64. The lowest BCUT2D eigenvalue weighted by molar-refractivity contribution is -0.134. The Labute approximate surface area is 217 Å². The Kier molecular flexibility index (Phi) is 10.00. The van der Waals surface area contributed by atoms with E-state index < -0.39 is 23.6 Å². The van der Waals surface area contributed by atoms with Crippen molar-refractivity contribution in [3.63, 3.8) is 0 Å². The zero-order chi connectivity index (χ0) is 26.9. The Bertz CT molecular complexity index is 1090. The molecule has 0 bridgehead atoms. The summed E-state index contributed by atoms with van der Waals surface area (Å²) < 4.78 is 32.9. The van der Waals surface area contributed by atoms with Crippen molar-refractivity contribution in [2.45, 2.75) is 44.6 Å². The summed E-state index contributed by atoms with van der Waals surface area (Å²) in [6.07, 6.45) is 4.10. The van der Waals surface area contributed by atoms with Gasteiger partial charge in [-0.2, -0.15) is 0 Å². The number of unbranched alkanes of at least 4 members (excludes halogenated alkanes) is 1. The molecule has 3 rings (SSSR count). The van der Waals surface area contributed by atoms with E-state index in [-0.39, 0.29) is 17.4 Å². The molecular weight excluding hydrogens is 480 g/mol. The molecule has 0 aliphatic carbocycles. The summed E-state index contributed by atoms with van der Waals surface area (Å²) in [4.78, 5) is 43.9. The van der Waals surface area contributed by atoms with Crippen LogP contribution in [0.4, 0.5) is 8.78 Å². The molecule has 0 unspecified atom stereocenters. The first-order valence-corrected chi connectivity index (χ1v) is 12.6. The van der Waals surface area contributed by atoms with Crippen molar-refractivity contribution in [3.05, 3.63) is 65.2 Å². The highest BCUT2D eigenvalue weighted by Crippen LogP contribution is 2.23. The highest BCUT2D eigenvalue weighted by atomic mass is 19.1. The summed E-state index contributed by atoms with van der Waals surface area (Å²) in [6.45, 7) is 1.43. The van der Waals surface area contributed by atoms with Crippen molar-refractivity contribution in [2.24, 2.45) is 0 Å². The lowest BCUT2D eigenvalue weighted by Crippen LogP contribution is -2.48. The molecule has 0 aromatic heterocycles. The second-order valence-corrected chi connectivity index (χ2v) is 9.48. The fourth-order valence-corrected chi connectivity index (χ4v) is 4.44. The van der Waals surface area contributed by atoms with Crippen LogP contribution in [-0.2, 0) is 4.79 Å². The van der Waals surface area contributed by atoms with E-state index in [9.17, 15) is 23.2 Å². The Morgan fingerprint density at radius 3 is 2.46 bits per heavy atom. The van der Waals surface area contributed by atoms with Gasteiger partial charge in [0, 0.05) is 45.9 Å². The van der Waals surface area contributed by atoms with Crippen LogP contribution < -0.4 is 4.74 Å². The minimum atomic E-state index is -0.808. The number of hydrogen-bond acceptors (Lipinski definition) is 4. The number of carbonyl (C=O) groups excluding carboxylic acids is 3. The van der Waals surface area contributed by atoms with E-state index in [0.717, 1.165) is 37.5 Å². The molecule has 2 aromatic rings. The predicted octanol–water partition coefficient (Wildman–Crippen LogP) is 4.37. The second kappa shape index (κ2) is 13.2. The Hall–Kier alpha value is -3.49. The summed E-state index contributed by atoms with van der Waals surface area (Å²) in [5, 5.41) is 0. The van der Waals surface area contributed by atoms with Gasteiger partial charge in [0.15, 0.2) is 0 Å². The molecule has 0 fully saturated rings. The molecular formula is C28H35F2N3O4. The first-order valence-electron chi connectivity index (χ1n) is 12.6. The largest absolute Gasteiger partial charge is 0.493 e. The minimum Gasteiger partial charge on any atom is -0.493 e. The van der Waals surface area contributed by atoms with Crippen molar-refractivity contribution in [1.82, 2.24) is 14.7 Å². The average molecular weight is 516 g/mol. The van der Waals surface area contributed by atoms with Crippen molar-refractivity contribution in [3.8, 4) is 5.75 Å². The van der Waals surface area contributed by atoms with Crippen LogP contribution in [0.3, 0.4) is 0 Å². The van der Waals surface area contributed by atoms with Gasteiger partial charge in [-0.1, -0.05) is 12.1 Å². The highest BCUT2D eigenvalue weighted by molar-refractivity contribution is 5.99. The molecule has 0 spiro atoms. The SMILES string of the molecule is CN(CCCC[C@H]1C(=O)N(C)CCCCCOc2ccccc2C(=O)N1C)C(=O)c1cc(F)cc(F)c1. The van der Waals surface area contributed by atoms with E-state index in [1.54, 1.807) is 44.2 Å². The number of benzene rings is 2. The fraction of sp³-hybridized carbons (Fsp3) is 0.464. The lowest BCUT2D eigenvalue weighted by atomic mass is 10.0. The summed E-state index contributed by atoms with van der Waals surface area (Å²) >= 11 is 0. The number of hydrogen-bond donors (Lipinski definition) is 0. The molecule has 1 atom stereocenters. The lowest BCUT2D eigenvalue weighted by Gasteiger charge is -2.31. The normalized spacial score (nSPS) is 17.3. The van der Waals surface area contributed by atoms with Crippen LogP contribution in [0.15, 0.2) is 42.5 Å². The number of nitrogens with zero attached hydrogens (tertiary/aromatic N) is 3. The van der Waals surface area contributed by atoms with Crippen LogP contribution in [0.5, 0.6) is 5.75 Å². The Balaban J connectivity index is 1.68. The molecule has 1 aliphatic rings. The zero-order valence-corrected chi connectivity index (χ0v) is 21.7. The molecule has 0 saturated heterocycles. The van der Waals surface area contributed by atoms with E-state index in [4.69, 9.17) is 4.74 Å². The molecule has 9 heteroatoms. The van der Waals surface area contributed by atoms with E-state index in [1.165, 1.54) is 9.80 Å². The van der Waals surface area contributed by atoms with E-state index in [0.29, 0.717) is 50.3 Å². The van der Waals surface area contributed by atoms with Crippen LogP contribution in [0.25, 0.3) is 0 Å². The van der Waals surface area contributed by atoms with Crippen LogP contribution in [0.2, 0.25) is 0 Å². The zero-order valence-electron chi connectivity index (χ0n) is 21.7. The monoisotopic (exact) mass is 515 g/mol. The van der Waals surface area contributed by atoms with Crippen molar-refractivity contribution in [2.75, 3.05) is 40.8 Å². The van der Waals surface area contributed by atoms with Gasteiger partial charge in [0.05, 0.1) is 12.2 Å². The summed E-state index contributed by atoms with van der Waals surface area (Å²) in [6, 6.07) is 9.11. The quantitative estimate of drug-likeness (QED) is 0.536. The number of rotatable bonds is 6. The average Bonchev–Trinajstić information content (AvgIpc) is 2.88. The van der Waals surface area contributed by atoms with Gasteiger partial charge in [-0.15, -0.1) is 0 Å². The first-order chi connectivity index (χ1) is 17.7. The van der Waals surface area contributed by atoms with E-state index in [2.05, 4.69) is 0 Å². The van der Waals surface area contributed by atoms with Crippen LogP contribution >= 0.6 is 0 Å². The van der Waals surface area contributed by atoms with Gasteiger partial charge < -0.3 is 19.4 Å². The maximum atomic E-state index is 13.5. The smallest absolute Gasteiger partial charge is 0.258 e. The van der Waals surface area contributed by atoms with Crippen LogP contribution in [0.1, 0.15) is 59.2 Å². The minimum absolute atomic E-state index is 0.0572. The van der Waals surface area contributed by atoms with Crippen LogP contribution in [0, 0.1) is 11.6 Å². The van der Waals surface area contributed by atoms with Crippen LogP contribution in [-0.4, -0.2) is 79.3 Å². The number of likely N-dealkylation sites (N-methyl/N-ethyl adjacent to an activating group) is 2. The van der Waals surface area contributed by atoms with Gasteiger partial charge in [0.25, 0.3) is 11.8 Å². The molecule has 7 nitrogen and oxygen atoms in total. The molecule has 0 radical (unpaired) electrons. The van der Waals surface area contributed by atoms with Crippen molar-refractivity contribution in [1.29, 1.82) is 0 Å². The van der Waals surface area contributed by atoms with Gasteiger partial charge in [-0.05, 0) is 62.8 Å². The summed E-state index contributed by atoms with van der Waals surface area (Å²) in [5.74, 6) is -2.02. The third kappa shape index (κ3) is 7.50. The third-order valence-corrected chi connectivity index (χ3v) is 6.64. The molecule has 0 N–H and O–H groups in total. The maximum absolute atomic E-state index is 13.5. The standard InChI is InChI=1S/C28H35F2N3O4/c1-31(26(34)20-17-21(29)19-22(30)18-20)15-9-7-12-24-28(36)32(2)14-8-4-10-16-37-25-13-6-5-11-23(25)27(35)33(24)3/h5-6,11,13,17-19,24H,4,7-10,12,14-16H2,1-3H3/t24-/m0/s1. The number of amides is 3. The topological polar surface area (TPSA) is 70.2 Å². The maximum Gasteiger partial charge on any atom is 0.258 e. The predicted molar refractivity (Wildman–Crippen MR) is 136 cm³/mol. The van der Waals surface area contributed by atoms with Crippen molar-refractivity contribution >= 4 is 17.7 Å². The van der Waals surface area contributed by atoms with Gasteiger partial charge in [0.1, 0.15) is 23.4 Å². The second-order valence-electron chi connectivity index (χ2n) is 9.48. The van der Waals surface area contributed by atoms with E-state index in [1.807, 2.05) is 6.07 Å². The fourth-order valence-electron chi connectivity index (χ4n) is 4.44. The molecule has 37 heavy (non-hydrogen) atoms. The Morgan fingerprint density at radius 2 is 1.73 bits per heavy atom. The number of ether oxygens (including phenoxy) is 1. The molecule has 1 heterocycles. The number of carbonyl (C=O) groups is 3.